The van der Waals surface area contributed by atoms with Gasteiger partial charge in [-0.15, -0.1) is 11.8 Å². The van der Waals surface area contributed by atoms with Crippen LogP contribution in [0.2, 0.25) is 0 Å². The monoisotopic (exact) mass is 335 g/mol. The average Bonchev–Trinajstić information content (AvgIpc) is 3.17. The minimum atomic E-state index is -0.309. The van der Waals surface area contributed by atoms with E-state index in [-0.39, 0.29) is 24.2 Å². The number of carbonyl (C=O) groups excluding carboxylic acids is 2. The van der Waals surface area contributed by atoms with Gasteiger partial charge in [-0.25, -0.2) is 0 Å². The van der Waals surface area contributed by atoms with Gasteiger partial charge in [0, 0.05) is 29.3 Å². The number of amidine groups is 1. The van der Waals surface area contributed by atoms with Crippen molar-refractivity contribution < 1.29 is 9.59 Å². The van der Waals surface area contributed by atoms with Gasteiger partial charge in [-0.2, -0.15) is 0 Å². The van der Waals surface area contributed by atoms with Crippen LogP contribution in [0.15, 0.2) is 34.2 Å². The second-order valence-corrected chi connectivity index (χ2v) is 7.09. The fourth-order valence-corrected chi connectivity index (χ4v) is 3.65. The first kappa shape index (κ1) is 15.4. The Kier molecular flexibility index (Phi) is 4.73. The predicted molar refractivity (Wildman–Crippen MR) is 91.6 cm³/mol. The van der Waals surface area contributed by atoms with Gasteiger partial charge in [0.05, 0.1) is 12.5 Å². The molecule has 1 N–H and O–H groups in total. The molecule has 1 atom stereocenters. The van der Waals surface area contributed by atoms with Crippen LogP contribution in [0.1, 0.15) is 6.42 Å². The van der Waals surface area contributed by atoms with Crippen LogP contribution in [0.3, 0.4) is 0 Å². The number of carbonyl (C=O) groups is 2. The lowest BCUT2D eigenvalue weighted by Gasteiger charge is -2.17. The maximum Gasteiger partial charge on any atom is 0.231 e. The van der Waals surface area contributed by atoms with E-state index in [1.54, 1.807) is 28.4 Å². The van der Waals surface area contributed by atoms with E-state index in [2.05, 4.69) is 10.3 Å². The molecule has 0 radical (unpaired) electrons. The van der Waals surface area contributed by atoms with E-state index in [4.69, 9.17) is 0 Å². The molecule has 1 aromatic rings. The maximum absolute atomic E-state index is 12.2. The van der Waals surface area contributed by atoms with E-state index in [0.29, 0.717) is 11.7 Å². The first-order valence-electron chi connectivity index (χ1n) is 7.10. The number of nitrogens with one attached hydrogen (secondary N) is 1. The fourth-order valence-electron chi connectivity index (χ4n) is 2.51. The number of rotatable bonds is 3. The van der Waals surface area contributed by atoms with Crippen molar-refractivity contribution in [2.24, 2.45) is 10.9 Å². The highest BCUT2D eigenvalue weighted by molar-refractivity contribution is 8.14. The SMILES string of the molecule is CSc1ccc(N2C[C@H](C(=O)NC3=NCCS3)CC2=O)cc1. The van der Waals surface area contributed by atoms with Gasteiger partial charge in [0.1, 0.15) is 0 Å². The van der Waals surface area contributed by atoms with Gasteiger partial charge in [0.15, 0.2) is 5.17 Å². The molecule has 1 aromatic carbocycles. The topological polar surface area (TPSA) is 61.8 Å². The smallest absolute Gasteiger partial charge is 0.231 e. The summed E-state index contributed by atoms with van der Waals surface area (Å²) >= 11 is 3.21. The molecule has 2 aliphatic rings. The van der Waals surface area contributed by atoms with E-state index in [1.165, 1.54) is 0 Å². The molecule has 22 heavy (non-hydrogen) atoms. The number of anilines is 1. The van der Waals surface area contributed by atoms with Gasteiger partial charge < -0.3 is 10.2 Å². The van der Waals surface area contributed by atoms with E-state index in [1.807, 2.05) is 30.5 Å². The maximum atomic E-state index is 12.2. The summed E-state index contributed by atoms with van der Waals surface area (Å²) in [5.74, 6) is 0.493. The van der Waals surface area contributed by atoms with Crippen LogP contribution in [0.4, 0.5) is 5.69 Å². The van der Waals surface area contributed by atoms with Crippen LogP contribution < -0.4 is 10.2 Å². The van der Waals surface area contributed by atoms with Crippen LogP contribution in [-0.4, -0.2) is 42.1 Å². The quantitative estimate of drug-likeness (QED) is 0.858. The number of hydrogen-bond acceptors (Lipinski definition) is 5. The fraction of sp³-hybridized carbons (Fsp3) is 0.400. The molecule has 3 rings (SSSR count). The van der Waals surface area contributed by atoms with Crippen molar-refractivity contribution in [2.75, 3.05) is 30.0 Å². The molecule has 1 fully saturated rings. The highest BCUT2D eigenvalue weighted by Gasteiger charge is 2.35. The molecular weight excluding hydrogens is 318 g/mol. The summed E-state index contributed by atoms with van der Waals surface area (Å²) in [5, 5.41) is 3.50. The first-order valence-corrected chi connectivity index (χ1v) is 9.31. The molecule has 0 unspecified atom stereocenters. The van der Waals surface area contributed by atoms with Gasteiger partial charge >= 0.3 is 0 Å². The average molecular weight is 335 g/mol. The zero-order chi connectivity index (χ0) is 15.5. The van der Waals surface area contributed by atoms with Gasteiger partial charge in [-0.1, -0.05) is 11.8 Å². The Labute approximate surface area is 137 Å². The van der Waals surface area contributed by atoms with Crippen molar-refractivity contribution in [3.63, 3.8) is 0 Å². The van der Waals surface area contributed by atoms with E-state index in [0.717, 1.165) is 22.9 Å². The first-order chi connectivity index (χ1) is 10.7. The third kappa shape index (κ3) is 3.30. The van der Waals surface area contributed by atoms with E-state index < -0.39 is 0 Å². The number of aliphatic imine (C=N–C) groups is 1. The normalized spacial score (nSPS) is 21.1. The number of hydrogen-bond donors (Lipinski definition) is 1. The van der Waals surface area contributed by atoms with Gasteiger partial charge in [-0.05, 0) is 30.5 Å². The van der Waals surface area contributed by atoms with Crippen molar-refractivity contribution in [1.82, 2.24) is 5.32 Å². The Balaban J connectivity index is 1.65. The summed E-state index contributed by atoms with van der Waals surface area (Å²) in [6, 6.07) is 7.84. The van der Waals surface area contributed by atoms with Crippen molar-refractivity contribution in [2.45, 2.75) is 11.3 Å². The molecule has 0 aromatic heterocycles. The Morgan fingerprint density at radius 3 is 2.82 bits per heavy atom. The lowest BCUT2D eigenvalue weighted by molar-refractivity contribution is -0.125. The molecule has 7 heteroatoms. The summed E-state index contributed by atoms with van der Waals surface area (Å²) in [5.41, 5.74) is 0.852. The highest BCUT2D eigenvalue weighted by Crippen LogP contribution is 2.27. The molecule has 0 saturated carbocycles. The molecule has 116 valence electrons. The van der Waals surface area contributed by atoms with Crippen molar-refractivity contribution >= 4 is 46.2 Å². The van der Waals surface area contributed by atoms with Gasteiger partial charge in [0.25, 0.3) is 0 Å². The summed E-state index contributed by atoms with van der Waals surface area (Å²) in [4.78, 5) is 31.5. The predicted octanol–water partition coefficient (Wildman–Crippen LogP) is 1.98. The second kappa shape index (κ2) is 6.75. The molecule has 2 amide bonds. The minimum Gasteiger partial charge on any atom is -0.312 e. The lowest BCUT2D eigenvalue weighted by Crippen LogP contribution is -2.35. The number of benzene rings is 1. The molecule has 0 aliphatic carbocycles. The van der Waals surface area contributed by atoms with Crippen LogP contribution >= 0.6 is 23.5 Å². The minimum absolute atomic E-state index is 0.00179. The Bertz CT molecular complexity index is 616. The Hall–Kier alpha value is -1.47. The Morgan fingerprint density at radius 2 is 2.18 bits per heavy atom. The number of thioether (sulfide) groups is 2. The molecule has 5 nitrogen and oxygen atoms in total. The van der Waals surface area contributed by atoms with Crippen molar-refractivity contribution in [1.29, 1.82) is 0 Å². The summed E-state index contributed by atoms with van der Waals surface area (Å²) in [7, 11) is 0. The molecule has 1 saturated heterocycles. The summed E-state index contributed by atoms with van der Waals surface area (Å²) < 4.78 is 0. The van der Waals surface area contributed by atoms with Crippen molar-refractivity contribution in [3.8, 4) is 0 Å². The standard InChI is InChI=1S/C15H17N3O2S2/c1-21-12-4-2-11(3-5-12)18-9-10(8-13(18)19)14(20)17-15-16-6-7-22-15/h2-5,10H,6-9H2,1H3,(H,16,17,20)/t10-/m1/s1. The number of amides is 2. The number of nitrogens with zero attached hydrogens (tertiary/aromatic N) is 2. The molecule has 0 spiro atoms. The van der Waals surface area contributed by atoms with Crippen molar-refractivity contribution in [3.05, 3.63) is 24.3 Å². The molecule has 2 heterocycles. The van der Waals surface area contributed by atoms with Crippen LogP contribution in [0.5, 0.6) is 0 Å². The Morgan fingerprint density at radius 1 is 1.41 bits per heavy atom. The van der Waals surface area contributed by atoms with Crippen LogP contribution in [-0.2, 0) is 9.59 Å². The van der Waals surface area contributed by atoms with Crippen LogP contribution in [0, 0.1) is 5.92 Å². The third-order valence-electron chi connectivity index (χ3n) is 3.70. The largest absolute Gasteiger partial charge is 0.312 e. The third-order valence-corrected chi connectivity index (χ3v) is 5.33. The molecular formula is C15H17N3O2S2. The van der Waals surface area contributed by atoms with Gasteiger partial charge in [0.2, 0.25) is 11.8 Å². The zero-order valence-electron chi connectivity index (χ0n) is 12.2. The molecule has 0 bridgehead atoms. The molecule has 2 aliphatic heterocycles. The lowest BCUT2D eigenvalue weighted by atomic mass is 10.1. The zero-order valence-corrected chi connectivity index (χ0v) is 13.9. The van der Waals surface area contributed by atoms with Crippen LogP contribution in [0.25, 0.3) is 0 Å². The second-order valence-electron chi connectivity index (χ2n) is 5.13. The highest BCUT2D eigenvalue weighted by atomic mass is 32.2. The van der Waals surface area contributed by atoms with Gasteiger partial charge in [-0.3, -0.25) is 14.6 Å². The summed E-state index contributed by atoms with van der Waals surface area (Å²) in [6.07, 6.45) is 2.27. The van der Waals surface area contributed by atoms with E-state index >= 15 is 0 Å². The van der Waals surface area contributed by atoms with E-state index in [9.17, 15) is 9.59 Å². The summed E-state index contributed by atoms with van der Waals surface area (Å²) in [6.45, 7) is 1.18.